The van der Waals surface area contributed by atoms with Crippen LogP contribution >= 0.6 is 15.9 Å². The molecule has 0 aliphatic carbocycles. The van der Waals surface area contributed by atoms with Gasteiger partial charge in [0.1, 0.15) is 0 Å². The Bertz CT molecular complexity index is 869. The lowest BCUT2D eigenvalue weighted by molar-refractivity contribution is 0.164. The number of rotatable bonds is 3. The summed E-state index contributed by atoms with van der Waals surface area (Å²) in [6.45, 7) is 0. The van der Waals surface area contributed by atoms with Crippen LogP contribution in [0.5, 0.6) is 0 Å². The number of nitrogens with zero attached hydrogens (tertiary/aromatic N) is 2. The van der Waals surface area contributed by atoms with E-state index in [0.29, 0.717) is 0 Å². The number of carbonyl (C=O) groups is 1. The Morgan fingerprint density at radius 2 is 1.36 bits per heavy atom. The summed E-state index contributed by atoms with van der Waals surface area (Å²) in [5, 5.41) is 1.65. The SMILES string of the molecule is O=C1ON(c2ccccc2)[C@H](c2ccccc2)N1c1ccc(Br)cc1. The highest BCUT2D eigenvalue weighted by molar-refractivity contribution is 9.10. The molecule has 5 heteroatoms. The van der Waals surface area contributed by atoms with Crippen LogP contribution in [0.4, 0.5) is 16.2 Å². The van der Waals surface area contributed by atoms with Crippen LogP contribution in [0.2, 0.25) is 0 Å². The lowest BCUT2D eigenvalue weighted by Crippen LogP contribution is -2.31. The number of benzene rings is 3. The van der Waals surface area contributed by atoms with Crippen molar-refractivity contribution in [3.8, 4) is 0 Å². The molecule has 1 aliphatic rings. The predicted octanol–water partition coefficient (Wildman–Crippen LogP) is 5.53. The predicted molar refractivity (Wildman–Crippen MR) is 101 cm³/mol. The van der Waals surface area contributed by atoms with Gasteiger partial charge < -0.3 is 4.84 Å². The molecule has 1 fully saturated rings. The van der Waals surface area contributed by atoms with E-state index in [-0.39, 0.29) is 6.17 Å². The van der Waals surface area contributed by atoms with Gasteiger partial charge in [0.15, 0.2) is 6.17 Å². The molecule has 25 heavy (non-hydrogen) atoms. The van der Waals surface area contributed by atoms with Crippen LogP contribution in [0.15, 0.2) is 89.4 Å². The van der Waals surface area contributed by atoms with Crippen molar-refractivity contribution < 1.29 is 9.63 Å². The zero-order valence-corrected chi connectivity index (χ0v) is 14.8. The monoisotopic (exact) mass is 394 g/mol. The zero-order chi connectivity index (χ0) is 17.2. The van der Waals surface area contributed by atoms with Gasteiger partial charge in [-0.15, -0.1) is 0 Å². The Balaban J connectivity index is 1.82. The number of amides is 1. The number of hydroxylamine groups is 1. The van der Waals surface area contributed by atoms with E-state index in [1.807, 2.05) is 84.9 Å². The first-order valence-electron chi connectivity index (χ1n) is 7.90. The van der Waals surface area contributed by atoms with Gasteiger partial charge in [-0.2, -0.15) is 5.06 Å². The highest BCUT2D eigenvalue weighted by Crippen LogP contribution is 2.39. The van der Waals surface area contributed by atoms with Gasteiger partial charge in [0.05, 0.1) is 5.69 Å². The second-order valence-electron chi connectivity index (χ2n) is 5.65. The largest absolute Gasteiger partial charge is 0.440 e. The fourth-order valence-corrected chi connectivity index (χ4v) is 3.17. The van der Waals surface area contributed by atoms with Crippen LogP contribution in [-0.4, -0.2) is 6.09 Å². The summed E-state index contributed by atoms with van der Waals surface area (Å²) in [5.41, 5.74) is 2.57. The highest BCUT2D eigenvalue weighted by atomic mass is 79.9. The molecule has 0 unspecified atom stereocenters. The van der Waals surface area contributed by atoms with Crippen LogP contribution in [0.3, 0.4) is 0 Å². The average molecular weight is 395 g/mol. The Hall–Kier alpha value is -2.79. The molecule has 4 rings (SSSR count). The number of hydrogen-bond acceptors (Lipinski definition) is 3. The Labute approximate surface area is 154 Å². The molecule has 4 nitrogen and oxygen atoms in total. The summed E-state index contributed by atoms with van der Waals surface area (Å²) in [5.74, 6) is 0. The molecule has 1 amide bonds. The van der Waals surface area contributed by atoms with E-state index >= 15 is 0 Å². The van der Waals surface area contributed by atoms with Crippen LogP contribution in [0.1, 0.15) is 11.7 Å². The van der Waals surface area contributed by atoms with Gasteiger partial charge >= 0.3 is 6.09 Å². The first-order valence-corrected chi connectivity index (χ1v) is 8.69. The molecule has 0 bridgehead atoms. The maximum atomic E-state index is 12.7. The third kappa shape index (κ3) is 2.98. The van der Waals surface area contributed by atoms with Gasteiger partial charge in [0.2, 0.25) is 0 Å². The smallest absolute Gasteiger partial charge is 0.319 e. The number of halogens is 1. The van der Waals surface area contributed by atoms with Crippen molar-refractivity contribution in [2.75, 3.05) is 9.96 Å². The summed E-state index contributed by atoms with van der Waals surface area (Å²) < 4.78 is 0.958. The topological polar surface area (TPSA) is 32.8 Å². The molecule has 124 valence electrons. The molecule has 0 aromatic heterocycles. The van der Waals surface area contributed by atoms with Gasteiger partial charge in [-0.05, 0) is 42.0 Å². The minimum absolute atomic E-state index is 0.378. The molecule has 1 saturated heterocycles. The van der Waals surface area contributed by atoms with Gasteiger partial charge in [-0.25, -0.2) is 9.69 Å². The number of para-hydroxylation sites is 1. The maximum absolute atomic E-state index is 12.7. The van der Waals surface area contributed by atoms with Crippen LogP contribution in [0, 0.1) is 0 Å². The van der Waals surface area contributed by atoms with Crippen LogP contribution < -0.4 is 9.96 Å². The minimum Gasteiger partial charge on any atom is -0.319 e. The number of anilines is 2. The lowest BCUT2D eigenvalue weighted by Gasteiger charge is -2.27. The van der Waals surface area contributed by atoms with Gasteiger partial charge in [0, 0.05) is 10.2 Å². The second-order valence-corrected chi connectivity index (χ2v) is 6.56. The van der Waals surface area contributed by atoms with Crippen LogP contribution in [-0.2, 0) is 4.84 Å². The van der Waals surface area contributed by atoms with Gasteiger partial charge in [-0.1, -0.05) is 64.5 Å². The third-order valence-electron chi connectivity index (χ3n) is 4.05. The van der Waals surface area contributed by atoms with Crippen molar-refractivity contribution in [3.63, 3.8) is 0 Å². The quantitative estimate of drug-likeness (QED) is 0.585. The molecular formula is C20H15BrN2O2. The molecule has 1 atom stereocenters. The fraction of sp³-hybridized carbons (Fsp3) is 0.0500. The normalized spacial score (nSPS) is 16.8. The van der Waals surface area contributed by atoms with E-state index in [0.717, 1.165) is 21.4 Å². The van der Waals surface area contributed by atoms with E-state index in [1.165, 1.54) is 0 Å². The molecule has 0 radical (unpaired) electrons. The summed E-state index contributed by atoms with van der Waals surface area (Å²) in [7, 11) is 0. The Morgan fingerprint density at radius 1 is 0.760 bits per heavy atom. The summed E-state index contributed by atoms with van der Waals surface area (Å²) in [6.07, 6.45) is -0.780. The van der Waals surface area contributed by atoms with E-state index < -0.39 is 6.09 Å². The van der Waals surface area contributed by atoms with Crippen molar-refractivity contribution >= 4 is 33.4 Å². The summed E-state index contributed by atoms with van der Waals surface area (Å²) >= 11 is 3.43. The minimum atomic E-state index is -0.403. The molecule has 3 aromatic rings. The number of hydrogen-bond donors (Lipinski definition) is 0. The van der Waals surface area contributed by atoms with Crippen molar-refractivity contribution in [2.24, 2.45) is 0 Å². The van der Waals surface area contributed by atoms with Crippen LogP contribution in [0.25, 0.3) is 0 Å². The third-order valence-corrected chi connectivity index (χ3v) is 4.58. The van der Waals surface area contributed by atoms with E-state index in [2.05, 4.69) is 15.9 Å². The zero-order valence-electron chi connectivity index (χ0n) is 13.2. The van der Waals surface area contributed by atoms with E-state index in [4.69, 9.17) is 4.84 Å². The summed E-state index contributed by atoms with van der Waals surface area (Å²) in [6, 6.07) is 27.1. The first kappa shape index (κ1) is 15.7. The standard InChI is InChI=1S/C20H15BrN2O2/c21-16-11-13-17(14-12-16)22-19(15-7-3-1-4-8-15)23(25-20(22)24)18-9-5-2-6-10-18/h1-14,19H/t19-/m1/s1. The number of carbonyl (C=O) groups excluding carboxylic acids is 1. The second kappa shape index (κ2) is 6.61. The molecule has 0 saturated carbocycles. The van der Waals surface area contributed by atoms with Crippen molar-refractivity contribution in [2.45, 2.75) is 6.17 Å². The maximum Gasteiger partial charge on any atom is 0.440 e. The lowest BCUT2D eigenvalue weighted by atomic mass is 10.1. The molecule has 3 aromatic carbocycles. The highest BCUT2D eigenvalue weighted by Gasteiger charge is 2.42. The molecule has 0 N–H and O–H groups in total. The van der Waals surface area contributed by atoms with Gasteiger partial charge in [-0.3, -0.25) is 0 Å². The van der Waals surface area contributed by atoms with Crippen molar-refractivity contribution in [1.29, 1.82) is 0 Å². The first-order chi connectivity index (χ1) is 12.2. The Kier molecular flexibility index (Phi) is 4.15. The van der Waals surface area contributed by atoms with E-state index in [1.54, 1.807) is 9.96 Å². The molecule has 0 spiro atoms. The Morgan fingerprint density at radius 3 is 2.00 bits per heavy atom. The fourth-order valence-electron chi connectivity index (χ4n) is 2.91. The molecular weight excluding hydrogens is 380 g/mol. The average Bonchev–Trinajstić information content (AvgIpc) is 3.01. The molecule has 1 aliphatic heterocycles. The van der Waals surface area contributed by atoms with E-state index in [9.17, 15) is 4.79 Å². The van der Waals surface area contributed by atoms with Crippen molar-refractivity contribution in [1.82, 2.24) is 0 Å². The molecule has 1 heterocycles. The van der Waals surface area contributed by atoms with Gasteiger partial charge in [0.25, 0.3) is 0 Å². The van der Waals surface area contributed by atoms with Crippen molar-refractivity contribution in [3.05, 3.63) is 95.0 Å². The summed E-state index contributed by atoms with van der Waals surface area (Å²) in [4.78, 5) is 20.0.